The molecule has 1 amide bonds. The second kappa shape index (κ2) is 7.69. The smallest absolute Gasteiger partial charge is 0.426 e. The van der Waals surface area contributed by atoms with Crippen molar-refractivity contribution >= 4 is 27.7 Å². The minimum Gasteiger partial charge on any atom is -0.443 e. The Hall–Kier alpha value is -1.23. The zero-order chi connectivity index (χ0) is 16.0. The van der Waals surface area contributed by atoms with Crippen LogP contribution in [0.4, 0.5) is 10.5 Å². The maximum atomic E-state index is 12.0. The Labute approximate surface area is 136 Å². The highest BCUT2D eigenvalue weighted by Crippen LogP contribution is 2.26. The summed E-state index contributed by atoms with van der Waals surface area (Å²) in [6, 6.07) is 6.05. The van der Waals surface area contributed by atoms with Crippen molar-refractivity contribution in [1.82, 2.24) is 5.43 Å². The van der Waals surface area contributed by atoms with E-state index in [4.69, 9.17) is 4.74 Å². The average molecular weight is 357 g/mol. The van der Waals surface area contributed by atoms with E-state index in [1.807, 2.05) is 50.9 Å². The number of hydrogen-bond acceptors (Lipinski definition) is 3. The van der Waals surface area contributed by atoms with Crippen LogP contribution in [0.5, 0.6) is 0 Å². The predicted molar refractivity (Wildman–Crippen MR) is 90.5 cm³/mol. The van der Waals surface area contributed by atoms with Gasteiger partial charge in [-0.1, -0.05) is 19.4 Å². The predicted octanol–water partition coefficient (Wildman–Crippen LogP) is 4.80. The lowest BCUT2D eigenvalue weighted by molar-refractivity contribution is 0.0520. The van der Waals surface area contributed by atoms with Gasteiger partial charge in [0.15, 0.2) is 0 Å². The number of amides is 1. The van der Waals surface area contributed by atoms with Gasteiger partial charge in [-0.25, -0.2) is 10.2 Å². The van der Waals surface area contributed by atoms with E-state index in [2.05, 4.69) is 28.3 Å². The van der Waals surface area contributed by atoms with E-state index in [-0.39, 0.29) is 0 Å². The van der Waals surface area contributed by atoms with Crippen molar-refractivity contribution in [3.63, 3.8) is 0 Å². The zero-order valence-electron chi connectivity index (χ0n) is 13.5. The molecule has 0 saturated heterocycles. The quantitative estimate of drug-likeness (QED) is 0.770. The van der Waals surface area contributed by atoms with Crippen molar-refractivity contribution in [3.8, 4) is 0 Å². The molecule has 0 aliphatic rings. The van der Waals surface area contributed by atoms with Crippen LogP contribution in [-0.2, 0) is 4.74 Å². The Balaban J connectivity index is 2.87. The number of hydrazine groups is 1. The summed E-state index contributed by atoms with van der Waals surface area (Å²) in [5, 5.41) is 1.83. The van der Waals surface area contributed by atoms with Crippen molar-refractivity contribution in [1.29, 1.82) is 0 Å². The number of benzene rings is 1. The highest BCUT2D eigenvalue weighted by atomic mass is 79.9. The number of ether oxygens (including phenoxy) is 1. The molecule has 0 aliphatic heterocycles. The summed E-state index contributed by atoms with van der Waals surface area (Å²) in [6.07, 6.45) is 1.60. The Morgan fingerprint density at radius 1 is 1.38 bits per heavy atom. The number of anilines is 1. The summed E-state index contributed by atoms with van der Waals surface area (Å²) in [7, 11) is 0. The topological polar surface area (TPSA) is 41.6 Å². The zero-order valence-corrected chi connectivity index (χ0v) is 15.1. The molecule has 1 aromatic rings. The number of unbranched alkanes of at least 4 members (excludes halogenated alkanes) is 1. The van der Waals surface area contributed by atoms with Crippen molar-refractivity contribution in [2.45, 2.75) is 53.1 Å². The van der Waals surface area contributed by atoms with E-state index < -0.39 is 11.7 Å². The molecule has 0 heterocycles. The van der Waals surface area contributed by atoms with Crippen molar-refractivity contribution in [2.24, 2.45) is 0 Å². The third-order valence-electron chi connectivity index (χ3n) is 2.75. The molecule has 21 heavy (non-hydrogen) atoms. The van der Waals surface area contributed by atoms with Gasteiger partial charge in [-0.15, -0.1) is 0 Å². The number of carbonyl (C=O) groups is 1. The SMILES string of the molecule is CCCCN(NC(=O)OC(C)(C)C)c1ccc(C)cc1Br. The van der Waals surface area contributed by atoms with Crippen LogP contribution in [0.25, 0.3) is 0 Å². The third kappa shape index (κ3) is 6.38. The number of halogens is 1. The van der Waals surface area contributed by atoms with Gasteiger partial charge in [0.25, 0.3) is 0 Å². The fourth-order valence-electron chi connectivity index (χ4n) is 1.79. The number of hydrogen-bond donors (Lipinski definition) is 1. The molecular formula is C16H25BrN2O2. The Morgan fingerprint density at radius 2 is 2.05 bits per heavy atom. The van der Waals surface area contributed by atoms with Crippen molar-refractivity contribution in [2.75, 3.05) is 11.6 Å². The first kappa shape index (κ1) is 17.8. The van der Waals surface area contributed by atoms with E-state index in [9.17, 15) is 4.79 Å². The first-order valence-corrected chi connectivity index (χ1v) is 8.05. The monoisotopic (exact) mass is 356 g/mol. The van der Waals surface area contributed by atoms with Gasteiger partial charge >= 0.3 is 6.09 Å². The molecule has 0 spiro atoms. The summed E-state index contributed by atoms with van der Waals surface area (Å²) >= 11 is 3.56. The third-order valence-corrected chi connectivity index (χ3v) is 3.39. The number of nitrogens with one attached hydrogen (secondary N) is 1. The molecule has 0 bridgehead atoms. The lowest BCUT2D eigenvalue weighted by Crippen LogP contribution is -2.45. The molecule has 0 radical (unpaired) electrons. The van der Waals surface area contributed by atoms with Crippen molar-refractivity contribution in [3.05, 3.63) is 28.2 Å². The molecule has 5 heteroatoms. The van der Waals surface area contributed by atoms with Crippen LogP contribution in [-0.4, -0.2) is 18.2 Å². The van der Waals surface area contributed by atoms with Crippen LogP contribution in [0.15, 0.2) is 22.7 Å². The molecule has 118 valence electrons. The van der Waals surface area contributed by atoms with Crippen LogP contribution < -0.4 is 10.4 Å². The number of nitrogens with zero attached hydrogens (tertiary/aromatic N) is 1. The van der Waals surface area contributed by atoms with Crippen LogP contribution in [0.1, 0.15) is 46.1 Å². The first-order chi connectivity index (χ1) is 9.73. The number of aryl methyl sites for hydroxylation is 1. The Bertz CT molecular complexity index is 484. The second-order valence-electron chi connectivity index (χ2n) is 6.07. The van der Waals surface area contributed by atoms with Gasteiger partial charge in [0, 0.05) is 11.0 Å². The van der Waals surface area contributed by atoms with E-state index in [0.29, 0.717) is 0 Å². The van der Waals surface area contributed by atoms with Gasteiger partial charge < -0.3 is 4.74 Å². The molecular weight excluding hydrogens is 332 g/mol. The normalized spacial score (nSPS) is 11.1. The molecule has 0 aliphatic carbocycles. The Kier molecular flexibility index (Phi) is 6.52. The second-order valence-corrected chi connectivity index (χ2v) is 6.93. The molecule has 4 nitrogen and oxygen atoms in total. The van der Waals surface area contributed by atoms with Crippen LogP contribution in [0.2, 0.25) is 0 Å². The highest BCUT2D eigenvalue weighted by Gasteiger charge is 2.19. The molecule has 1 aromatic carbocycles. The van der Waals surface area contributed by atoms with Gasteiger partial charge in [-0.3, -0.25) is 5.01 Å². The summed E-state index contributed by atoms with van der Waals surface area (Å²) in [5.74, 6) is 0. The summed E-state index contributed by atoms with van der Waals surface area (Å²) in [5.41, 5.74) is 4.41. The average Bonchev–Trinajstić information content (AvgIpc) is 2.32. The Morgan fingerprint density at radius 3 is 2.57 bits per heavy atom. The van der Waals surface area contributed by atoms with Crippen LogP contribution in [0, 0.1) is 6.92 Å². The van der Waals surface area contributed by atoms with Gasteiger partial charge in [-0.2, -0.15) is 0 Å². The molecule has 0 fully saturated rings. The summed E-state index contributed by atoms with van der Waals surface area (Å²) in [4.78, 5) is 12.0. The number of rotatable bonds is 5. The fraction of sp³-hybridized carbons (Fsp3) is 0.562. The van der Waals surface area contributed by atoms with E-state index in [1.165, 1.54) is 5.56 Å². The van der Waals surface area contributed by atoms with Crippen LogP contribution in [0.3, 0.4) is 0 Å². The maximum absolute atomic E-state index is 12.0. The minimum absolute atomic E-state index is 0.439. The lowest BCUT2D eigenvalue weighted by atomic mass is 10.2. The van der Waals surface area contributed by atoms with Crippen LogP contribution >= 0.6 is 15.9 Å². The van der Waals surface area contributed by atoms with Gasteiger partial charge in [0.05, 0.1) is 5.69 Å². The lowest BCUT2D eigenvalue weighted by Gasteiger charge is -2.28. The summed E-state index contributed by atoms with van der Waals surface area (Å²) < 4.78 is 6.28. The standard InChI is InChI=1S/C16H25BrN2O2/c1-6-7-10-19(18-15(20)21-16(3,4)5)14-9-8-12(2)11-13(14)17/h8-9,11H,6-7,10H2,1-5H3,(H,18,20). The molecule has 0 aromatic heterocycles. The van der Waals surface area contributed by atoms with Gasteiger partial charge in [0.2, 0.25) is 0 Å². The van der Waals surface area contributed by atoms with E-state index in [0.717, 1.165) is 29.5 Å². The molecule has 1 N–H and O–H groups in total. The fourth-order valence-corrected chi connectivity index (χ4v) is 2.50. The highest BCUT2D eigenvalue weighted by molar-refractivity contribution is 9.10. The maximum Gasteiger partial charge on any atom is 0.426 e. The van der Waals surface area contributed by atoms with Gasteiger partial charge in [0.1, 0.15) is 5.60 Å². The molecule has 0 saturated carbocycles. The molecule has 1 rings (SSSR count). The van der Waals surface area contributed by atoms with Crippen molar-refractivity contribution < 1.29 is 9.53 Å². The van der Waals surface area contributed by atoms with E-state index in [1.54, 1.807) is 0 Å². The van der Waals surface area contributed by atoms with Gasteiger partial charge in [-0.05, 0) is 67.7 Å². The van der Waals surface area contributed by atoms with E-state index >= 15 is 0 Å². The number of carbonyl (C=O) groups excluding carboxylic acids is 1. The minimum atomic E-state index is -0.509. The first-order valence-electron chi connectivity index (χ1n) is 7.26. The summed E-state index contributed by atoms with van der Waals surface area (Å²) in [6.45, 7) is 10.4. The molecule has 0 unspecified atom stereocenters. The molecule has 0 atom stereocenters. The largest absolute Gasteiger partial charge is 0.443 e.